The molecule has 22 heavy (non-hydrogen) atoms. The summed E-state index contributed by atoms with van der Waals surface area (Å²) in [4.78, 5) is 25.7. The van der Waals surface area contributed by atoms with Crippen LogP contribution >= 0.6 is 0 Å². The van der Waals surface area contributed by atoms with Crippen molar-refractivity contribution < 1.29 is 19.1 Å². The molecular weight excluding hydrogens is 284 g/mol. The molecule has 0 unspecified atom stereocenters. The fourth-order valence-corrected chi connectivity index (χ4v) is 2.04. The highest BCUT2D eigenvalue weighted by Crippen LogP contribution is 2.18. The number of carbonyl (C=O) groups excluding carboxylic acids is 2. The first-order chi connectivity index (χ1) is 10.3. The summed E-state index contributed by atoms with van der Waals surface area (Å²) in [6.45, 7) is 8.16. The molecule has 6 heteroatoms. The summed E-state index contributed by atoms with van der Waals surface area (Å²) < 4.78 is 10.6. The number of nitrogens with zero attached hydrogens (tertiary/aromatic N) is 1. The standard InChI is InChI=1S/C16H22N2O4/c1-16(2,3)22-14(19)12-5-4-6-13(11-12)21-15(20)18-9-7-17-8-10-18/h4-6,11,17H,7-10H2,1-3H3. The molecule has 120 valence electrons. The first-order valence-corrected chi connectivity index (χ1v) is 7.36. The summed E-state index contributed by atoms with van der Waals surface area (Å²) in [5.74, 6) is -0.0977. The summed E-state index contributed by atoms with van der Waals surface area (Å²) in [5.41, 5.74) is -0.203. The minimum Gasteiger partial charge on any atom is -0.456 e. The molecule has 1 amide bonds. The lowest BCUT2D eigenvalue weighted by atomic mass is 10.1. The van der Waals surface area contributed by atoms with Gasteiger partial charge in [0.25, 0.3) is 0 Å². The molecule has 1 aliphatic heterocycles. The Morgan fingerprint density at radius 1 is 1.18 bits per heavy atom. The van der Waals surface area contributed by atoms with Gasteiger partial charge >= 0.3 is 12.1 Å². The van der Waals surface area contributed by atoms with E-state index in [9.17, 15) is 9.59 Å². The Hall–Kier alpha value is -2.08. The van der Waals surface area contributed by atoms with Crippen molar-refractivity contribution in [1.82, 2.24) is 10.2 Å². The minimum atomic E-state index is -0.565. The summed E-state index contributed by atoms with van der Waals surface area (Å²) in [5, 5.41) is 3.17. The second-order valence-corrected chi connectivity index (χ2v) is 6.13. The average molecular weight is 306 g/mol. The Labute approximate surface area is 130 Å². The zero-order valence-electron chi connectivity index (χ0n) is 13.2. The highest BCUT2D eigenvalue weighted by atomic mass is 16.6. The van der Waals surface area contributed by atoms with E-state index in [0.717, 1.165) is 13.1 Å². The number of hydrogen-bond acceptors (Lipinski definition) is 5. The predicted octanol–water partition coefficient (Wildman–Crippen LogP) is 2.05. The molecular formula is C16H22N2O4. The number of rotatable bonds is 2. The largest absolute Gasteiger partial charge is 0.456 e. The maximum Gasteiger partial charge on any atom is 0.415 e. The van der Waals surface area contributed by atoms with E-state index < -0.39 is 17.7 Å². The Bertz CT molecular complexity index is 545. The fourth-order valence-electron chi connectivity index (χ4n) is 2.04. The second kappa shape index (κ2) is 6.79. The van der Waals surface area contributed by atoms with Gasteiger partial charge in [-0.15, -0.1) is 0 Å². The number of esters is 1. The van der Waals surface area contributed by atoms with Crippen LogP contribution in [0, 0.1) is 0 Å². The number of amides is 1. The number of hydrogen-bond donors (Lipinski definition) is 1. The zero-order valence-corrected chi connectivity index (χ0v) is 13.2. The molecule has 0 saturated carbocycles. The summed E-state index contributed by atoms with van der Waals surface area (Å²) in [6, 6.07) is 6.47. The van der Waals surface area contributed by atoms with Crippen molar-refractivity contribution >= 4 is 12.1 Å². The lowest BCUT2D eigenvalue weighted by Gasteiger charge is -2.26. The van der Waals surface area contributed by atoms with Crippen molar-refractivity contribution in [2.75, 3.05) is 26.2 Å². The van der Waals surface area contributed by atoms with Crippen molar-refractivity contribution in [3.63, 3.8) is 0 Å². The van der Waals surface area contributed by atoms with E-state index >= 15 is 0 Å². The third kappa shape index (κ3) is 4.73. The van der Waals surface area contributed by atoms with Gasteiger partial charge in [0.2, 0.25) is 0 Å². The van der Waals surface area contributed by atoms with Crippen LogP contribution in [-0.2, 0) is 4.74 Å². The minimum absolute atomic E-state index is 0.340. The zero-order chi connectivity index (χ0) is 16.2. The van der Waals surface area contributed by atoms with Crippen LogP contribution in [0.3, 0.4) is 0 Å². The molecule has 0 spiro atoms. The molecule has 0 aliphatic carbocycles. The monoisotopic (exact) mass is 306 g/mol. The van der Waals surface area contributed by atoms with Crippen LogP contribution in [-0.4, -0.2) is 48.7 Å². The maximum absolute atomic E-state index is 12.0. The van der Waals surface area contributed by atoms with Crippen LogP contribution < -0.4 is 10.1 Å². The highest BCUT2D eigenvalue weighted by Gasteiger charge is 2.20. The van der Waals surface area contributed by atoms with E-state index in [0.29, 0.717) is 24.4 Å². The van der Waals surface area contributed by atoms with Crippen molar-refractivity contribution in [1.29, 1.82) is 0 Å². The quantitative estimate of drug-likeness (QED) is 0.847. The van der Waals surface area contributed by atoms with Crippen molar-refractivity contribution in [2.45, 2.75) is 26.4 Å². The molecule has 1 aliphatic rings. The third-order valence-electron chi connectivity index (χ3n) is 3.05. The van der Waals surface area contributed by atoms with E-state index in [1.165, 1.54) is 6.07 Å². The molecule has 0 bridgehead atoms. The fraction of sp³-hybridized carbons (Fsp3) is 0.500. The van der Waals surface area contributed by atoms with Crippen molar-refractivity contribution in [2.24, 2.45) is 0 Å². The molecule has 1 aromatic carbocycles. The molecule has 0 radical (unpaired) electrons. The molecule has 1 fully saturated rings. The van der Waals surface area contributed by atoms with E-state index in [1.807, 2.05) is 0 Å². The molecule has 1 N–H and O–H groups in total. The first kappa shape index (κ1) is 16.3. The van der Waals surface area contributed by atoms with E-state index in [2.05, 4.69) is 5.32 Å². The first-order valence-electron chi connectivity index (χ1n) is 7.36. The Morgan fingerprint density at radius 3 is 2.50 bits per heavy atom. The van der Waals surface area contributed by atoms with Crippen LogP contribution in [0.1, 0.15) is 31.1 Å². The van der Waals surface area contributed by atoms with Crippen LogP contribution in [0.5, 0.6) is 5.75 Å². The summed E-state index contributed by atoms with van der Waals surface area (Å²) in [6.07, 6.45) is -0.400. The summed E-state index contributed by atoms with van der Waals surface area (Å²) >= 11 is 0. The van der Waals surface area contributed by atoms with Crippen LogP contribution in [0.2, 0.25) is 0 Å². The van der Waals surface area contributed by atoms with Gasteiger partial charge in [-0.3, -0.25) is 0 Å². The Morgan fingerprint density at radius 2 is 1.86 bits per heavy atom. The Balaban J connectivity index is 2.01. The summed E-state index contributed by atoms with van der Waals surface area (Å²) in [7, 11) is 0. The lowest BCUT2D eigenvalue weighted by Crippen LogP contribution is -2.47. The smallest absolute Gasteiger partial charge is 0.415 e. The molecule has 0 aromatic heterocycles. The maximum atomic E-state index is 12.0. The third-order valence-corrected chi connectivity index (χ3v) is 3.05. The predicted molar refractivity (Wildman–Crippen MR) is 82.1 cm³/mol. The number of ether oxygens (including phenoxy) is 2. The molecule has 6 nitrogen and oxygen atoms in total. The van der Waals surface area contributed by atoms with Gasteiger partial charge in [-0.05, 0) is 39.0 Å². The van der Waals surface area contributed by atoms with E-state index in [4.69, 9.17) is 9.47 Å². The van der Waals surface area contributed by atoms with Gasteiger partial charge in [-0.25, -0.2) is 9.59 Å². The van der Waals surface area contributed by atoms with Gasteiger partial charge in [-0.2, -0.15) is 0 Å². The van der Waals surface area contributed by atoms with Crippen LogP contribution in [0.15, 0.2) is 24.3 Å². The topological polar surface area (TPSA) is 67.9 Å². The van der Waals surface area contributed by atoms with Gasteiger partial charge in [0.1, 0.15) is 11.4 Å². The van der Waals surface area contributed by atoms with Crippen molar-refractivity contribution in [3.05, 3.63) is 29.8 Å². The number of piperazine rings is 1. The number of carbonyl (C=O) groups is 2. The van der Waals surface area contributed by atoms with Gasteiger partial charge in [-0.1, -0.05) is 6.07 Å². The normalized spacial score (nSPS) is 15.3. The van der Waals surface area contributed by atoms with E-state index in [1.54, 1.807) is 43.9 Å². The lowest BCUT2D eigenvalue weighted by molar-refractivity contribution is 0.00689. The molecule has 1 saturated heterocycles. The number of benzene rings is 1. The highest BCUT2D eigenvalue weighted by molar-refractivity contribution is 5.90. The molecule has 0 atom stereocenters. The van der Waals surface area contributed by atoms with Gasteiger partial charge in [0.05, 0.1) is 5.56 Å². The molecule has 1 aromatic rings. The SMILES string of the molecule is CC(C)(C)OC(=O)c1cccc(OC(=O)N2CCNCC2)c1. The van der Waals surface area contributed by atoms with Crippen molar-refractivity contribution in [3.8, 4) is 5.75 Å². The number of nitrogens with one attached hydrogen (secondary N) is 1. The van der Waals surface area contributed by atoms with Gasteiger partial charge < -0.3 is 19.7 Å². The Kier molecular flexibility index (Phi) is 5.03. The second-order valence-electron chi connectivity index (χ2n) is 6.13. The van der Waals surface area contributed by atoms with Gasteiger partial charge in [0.15, 0.2) is 0 Å². The van der Waals surface area contributed by atoms with Crippen LogP contribution in [0.25, 0.3) is 0 Å². The van der Waals surface area contributed by atoms with E-state index in [-0.39, 0.29) is 0 Å². The van der Waals surface area contributed by atoms with Crippen LogP contribution in [0.4, 0.5) is 4.79 Å². The average Bonchev–Trinajstić information content (AvgIpc) is 2.46. The molecule has 2 rings (SSSR count). The van der Waals surface area contributed by atoms with Gasteiger partial charge in [0, 0.05) is 26.2 Å². The molecule has 1 heterocycles.